The van der Waals surface area contributed by atoms with E-state index in [9.17, 15) is 9.59 Å². The van der Waals surface area contributed by atoms with Crippen molar-refractivity contribution in [3.05, 3.63) is 91.2 Å². The normalized spacial score (nSPS) is 16.0. The summed E-state index contributed by atoms with van der Waals surface area (Å²) in [5.41, 5.74) is 2.09. The van der Waals surface area contributed by atoms with Gasteiger partial charge in [0.05, 0.1) is 17.0 Å². The first-order valence-electron chi connectivity index (χ1n) is 8.36. The molecular weight excluding hydrogens is 430 g/mol. The predicted octanol–water partition coefficient (Wildman–Crippen LogP) is 5.25. The zero-order valence-corrected chi connectivity index (χ0v) is 16.8. The summed E-state index contributed by atoms with van der Waals surface area (Å²) in [4.78, 5) is 27.9. The molecule has 0 saturated carbocycles. The lowest BCUT2D eigenvalue weighted by Crippen LogP contribution is -2.29. The minimum atomic E-state index is -0.528. The van der Waals surface area contributed by atoms with Crippen LogP contribution in [0.1, 0.15) is 33.3 Å². The van der Waals surface area contributed by atoms with Gasteiger partial charge in [0.25, 0.3) is 5.91 Å². The van der Waals surface area contributed by atoms with Gasteiger partial charge in [0, 0.05) is 16.0 Å². The maximum absolute atomic E-state index is 13.3. The predicted molar refractivity (Wildman–Crippen MR) is 109 cm³/mol. The van der Waals surface area contributed by atoms with Crippen LogP contribution in [-0.2, 0) is 0 Å². The van der Waals surface area contributed by atoms with Crippen LogP contribution >= 0.6 is 27.5 Å². The Morgan fingerprint density at radius 1 is 1.26 bits per heavy atom. The van der Waals surface area contributed by atoms with Crippen LogP contribution in [0.4, 0.5) is 0 Å². The van der Waals surface area contributed by atoms with E-state index in [2.05, 4.69) is 22.5 Å². The number of benzene rings is 2. The first-order valence-corrected chi connectivity index (χ1v) is 9.53. The van der Waals surface area contributed by atoms with Crippen molar-refractivity contribution in [2.24, 2.45) is 0 Å². The number of aryl methyl sites for hydroxylation is 1. The van der Waals surface area contributed by atoms with Gasteiger partial charge >= 0.3 is 0 Å². The lowest BCUT2D eigenvalue weighted by molar-refractivity contribution is 0.0748. The Kier molecular flexibility index (Phi) is 4.44. The Balaban J connectivity index is 2.03. The van der Waals surface area contributed by atoms with Gasteiger partial charge in [0.15, 0.2) is 5.43 Å². The van der Waals surface area contributed by atoms with Gasteiger partial charge in [-0.3, -0.25) is 9.59 Å². The first kappa shape index (κ1) is 18.0. The monoisotopic (exact) mass is 443 g/mol. The Morgan fingerprint density at radius 2 is 1.96 bits per heavy atom. The van der Waals surface area contributed by atoms with E-state index in [0.717, 1.165) is 15.6 Å². The molecule has 0 fully saturated rings. The molecule has 1 unspecified atom stereocenters. The fourth-order valence-corrected chi connectivity index (χ4v) is 3.89. The van der Waals surface area contributed by atoms with Gasteiger partial charge in [-0.25, -0.2) is 0 Å². The third kappa shape index (κ3) is 2.82. The van der Waals surface area contributed by atoms with Crippen molar-refractivity contribution in [1.82, 2.24) is 4.90 Å². The maximum atomic E-state index is 13.3. The molecule has 1 aromatic heterocycles. The van der Waals surface area contributed by atoms with Gasteiger partial charge in [-0.05, 0) is 42.3 Å². The number of amides is 1. The third-order valence-electron chi connectivity index (χ3n) is 4.76. The fraction of sp³-hybridized carbons (Fsp3) is 0.143. The topological polar surface area (TPSA) is 50.5 Å². The Hall–Kier alpha value is -2.37. The smallest absolute Gasteiger partial charge is 0.291 e. The summed E-state index contributed by atoms with van der Waals surface area (Å²) in [6, 6.07) is 10.3. The van der Waals surface area contributed by atoms with E-state index in [1.807, 2.05) is 31.2 Å². The molecule has 0 N–H and O–H groups in total. The second kappa shape index (κ2) is 6.66. The highest BCUT2D eigenvalue weighted by molar-refractivity contribution is 9.10. The summed E-state index contributed by atoms with van der Waals surface area (Å²) < 4.78 is 6.81. The van der Waals surface area contributed by atoms with E-state index in [1.165, 1.54) is 0 Å². The largest absolute Gasteiger partial charge is 0.450 e. The molecule has 1 atom stereocenters. The molecule has 2 heterocycles. The van der Waals surface area contributed by atoms with E-state index in [1.54, 1.807) is 23.1 Å². The van der Waals surface area contributed by atoms with E-state index in [0.29, 0.717) is 28.1 Å². The third-order valence-corrected chi connectivity index (χ3v) is 5.69. The summed E-state index contributed by atoms with van der Waals surface area (Å²) in [5.74, 6) is -0.228. The molecule has 0 saturated heterocycles. The number of carbonyl (C=O) groups excluding carboxylic acids is 1. The zero-order chi connectivity index (χ0) is 19.3. The number of carbonyl (C=O) groups is 1. The van der Waals surface area contributed by atoms with Crippen molar-refractivity contribution < 1.29 is 9.21 Å². The van der Waals surface area contributed by atoms with Gasteiger partial charge in [-0.1, -0.05) is 45.7 Å². The molecule has 6 heteroatoms. The van der Waals surface area contributed by atoms with E-state index in [4.69, 9.17) is 16.0 Å². The van der Waals surface area contributed by atoms with Gasteiger partial charge in [-0.2, -0.15) is 0 Å². The molecule has 0 bridgehead atoms. The van der Waals surface area contributed by atoms with E-state index >= 15 is 0 Å². The average Bonchev–Trinajstić information content (AvgIpc) is 2.91. The Bertz CT molecular complexity index is 1150. The summed E-state index contributed by atoms with van der Waals surface area (Å²) in [5, 5.41) is 0.863. The van der Waals surface area contributed by atoms with Crippen LogP contribution in [0.5, 0.6) is 0 Å². The van der Waals surface area contributed by atoms with Gasteiger partial charge < -0.3 is 9.32 Å². The number of fused-ring (bicyclic) bond motifs is 2. The molecule has 4 rings (SSSR count). The molecule has 2 aromatic carbocycles. The highest BCUT2D eigenvalue weighted by Crippen LogP contribution is 2.38. The minimum Gasteiger partial charge on any atom is -0.450 e. The number of rotatable bonds is 3. The zero-order valence-electron chi connectivity index (χ0n) is 14.5. The number of hydrogen-bond acceptors (Lipinski definition) is 3. The molecule has 0 radical (unpaired) electrons. The number of nitrogens with zero attached hydrogens (tertiary/aromatic N) is 1. The molecule has 0 aliphatic carbocycles. The highest BCUT2D eigenvalue weighted by Gasteiger charge is 2.42. The number of halogens is 2. The van der Waals surface area contributed by atoms with Crippen molar-refractivity contribution in [3.63, 3.8) is 0 Å². The molecule has 1 aliphatic heterocycles. The van der Waals surface area contributed by atoms with Crippen LogP contribution in [0.2, 0.25) is 5.02 Å². The maximum Gasteiger partial charge on any atom is 0.291 e. The van der Waals surface area contributed by atoms with E-state index < -0.39 is 6.04 Å². The molecule has 3 aromatic rings. The Labute approximate surface area is 169 Å². The highest BCUT2D eigenvalue weighted by atomic mass is 79.9. The Morgan fingerprint density at radius 3 is 2.63 bits per heavy atom. The minimum absolute atomic E-state index is 0.0870. The van der Waals surface area contributed by atoms with Crippen LogP contribution in [-0.4, -0.2) is 17.4 Å². The van der Waals surface area contributed by atoms with E-state index in [-0.39, 0.29) is 17.1 Å². The molecule has 4 nitrogen and oxygen atoms in total. The second-order valence-corrected chi connectivity index (χ2v) is 7.79. The van der Waals surface area contributed by atoms with Gasteiger partial charge in [0.2, 0.25) is 5.76 Å². The van der Waals surface area contributed by atoms with Gasteiger partial charge in [0.1, 0.15) is 5.58 Å². The summed E-state index contributed by atoms with van der Waals surface area (Å²) in [6.07, 6.45) is 1.64. The van der Waals surface area contributed by atoms with Crippen molar-refractivity contribution >= 4 is 44.4 Å². The van der Waals surface area contributed by atoms with Crippen LogP contribution in [0.15, 0.2) is 62.7 Å². The molecule has 136 valence electrons. The quantitative estimate of drug-likeness (QED) is 0.519. The summed E-state index contributed by atoms with van der Waals surface area (Å²) in [7, 11) is 0. The number of hydrogen-bond donors (Lipinski definition) is 0. The average molecular weight is 445 g/mol. The van der Waals surface area contributed by atoms with Crippen molar-refractivity contribution in [2.75, 3.05) is 6.54 Å². The molecule has 27 heavy (non-hydrogen) atoms. The summed E-state index contributed by atoms with van der Waals surface area (Å²) in [6.45, 7) is 5.87. The summed E-state index contributed by atoms with van der Waals surface area (Å²) >= 11 is 9.63. The lowest BCUT2D eigenvalue weighted by Gasteiger charge is -2.23. The van der Waals surface area contributed by atoms with Crippen LogP contribution in [0.25, 0.3) is 11.0 Å². The van der Waals surface area contributed by atoms with Crippen LogP contribution in [0, 0.1) is 6.92 Å². The lowest BCUT2D eigenvalue weighted by atomic mass is 9.98. The van der Waals surface area contributed by atoms with Crippen molar-refractivity contribution in [2.45, 2.75) is 13.0 Å². The molecular formula is C21H15BrClNO3. The van der Waals surface area contributed by atoms with Crippen LogP contribution in [0.3, 0.4) is 0 Å². The second-order valence-electron chi connectivity index (χ2n) is 6.47. The standard InChI is InChI=1S/C21H15BrClNO3/c1-3-8-24-18(12-4-6-13(22)7-5-12)17-19(25)14-10-15(23)11(2)9-16(14)27-20(17)21(24)26/h3-7,9-10,18H,1,8H2,2H3. The fourth-order valence-electron chi connectivity index (χ4n) is 3.46. The van der Waals surface area contributed by atoms with Crippen molar-refractivity contribution in [3.8, 4) is 0 Å². The molecule has 0 spiro atoms. The first-order chi connectivity index (χ1) is 12.9. The molecule has 1 aliphatic rings. The van der Waals surface area contributed by atoms with Crippen molar-refractivity contribution in [1.29, 1.82) is 0 Å². The molecule has 1 amide bonds. The van der Waals surface area contributed by atoms with Gasteiger partial charge in [-0.15, -0.1) is 6.58 Å². The van der Waals surface area contributed by atoms with Crippen LogP contribution < -0.4 is 5.43 Å². The SMILES string of the molecule is C=CCN1C(=O)c2oc3cc(C)c(Cl)cc3c(=O)c2C1c1ccc(Br)cc1.